The number of rotatable bonds is 3. The lowest BCUT2D eigenvalue weighted by Gasteiger charge is -2.01. The summed E-state index contributed by atoms with van der Waals surface area (Å²) in [5.41, 5.74) is 5.41. The average Bonchev–Trinajstić information content (AvgIpc) is 2.78. The topological polar surface area (TPSA) is 98.1 Å². The first-order chi connectivity index (χ1) is 8.18. The molecule has 0 spiro atoms. The zero-order valence-electron chi connectivity index (χ0n) is 8.71. The van der Waals surface area contributed by atoms with Crippen LogP contribution >= 0.6 is 0 Å². The number of nitrogens with two attached hydrogens (primary N) is 1. The minimum absolute atomic E-state index is 0.0331. The molecule has 17 heavy (non-hydrogen) atoms. The minimum Gasteiger partial charge on any atom is -0.401 e. The van der Waals surface area contributed by atoms with Gasteiger partial charge in [0.2, 0.25) is 0 Å². The molecule has 0 aliphatic rings. The summed E-state index contributed by atoms with van der Waals surface area (Å²) < 4.78 is 4.95. The van der Waals surface area contributed by atoms with Gasteiger partial charge in [-0.1, -0.05) is 18.2 Å². The number of hydrogen-bond donors (Lipinski definition) is 2. The van der Waals surface area contributed by atoms with Gasteiger partial charge in [-0.25, -0.2) is 9.78 Å². The maximum atomic E-state index is 11.7. The molecule has 0 aliphatic carbocycles. The largest absolute Gasteiger partial charge is 0.401 e. The summed E-state index contributed by atoms with van der Waals surface area (Å²) in [6, 6.07) is 8.38. The summed E-state index contributed by atoms with van der Waals surface area (Å²) in [7, 11) is 0. The Bertz CT molecular complexity index is 548. The summed E-state index contributed by atoms with van der Waals surface area (Å²) in [5.74, 6) is -1.45. The van der Waals surface area contributed by atoms with Gasteiger partial charge in [-0.05, 0) is 12.1 Å². The summed E-state index contributed by atoms with van der Waals surface area (Å²) in [6.07, 6.45) is 1.23. The Labute approximate surface area is 96.4 Å². The Morgan fingerprint density at radius 3 is 2.59 bits per heavy atom. The van der Waals surface area contributed by atoms with E-state index >= 15 is 0 Å². The van der Waals surface area contributed by atoms with E-state index in [2.05, 4.69) is 9.97 Å². The van der Waals surface area contributed by atoms with Gasteiger partial charge < -0.3 is 15.5 Å². The zero-order chi connectivity index (χ0) is 12.3. The van der Waals surface area contributed by atoms with Crippen molar-refractivity contribution < 1.29 is 14.3 Å². The van der Waals surface area contributed by atoms with Crippen molar-refractivity contribution in [1.29, 1.82) is 0 Å². The second-order valence-electron chi connectivity index (χ2n) is 3.20. The first-order valence-corrected chi connectivity index (χ1v) is 4.79. The molecule has 0 unspecified atom stereocenters. The molecule has 0 atom stereocenters. The molecule has 2 rings (SSSR count). The zero-order valence-corrected chi connectivity index (χ0v) is 8.71. The summed E-state index contributed by atoms with van der Waals surface area (Å²) >= 11 is 0. The second-order valence-corrected chi connectivity index (χ2v) is 3.20. The van der Waals surface area contributed by atoms with E-state index in [9.17, 15) is 9.59 Å². The number of hydrogen-bond acceptors (Lipinski definition) is 4. The molecule has 1 aromatic heterocycles. The van der Waals surface area contributed by atoms with Gasteiger partial charge in [0.25, 0.3) is 11.8 Å². The Balaban J connectivity index is 2.19. The molecule has 1 amide bonds. The molecule has 2 aromatic rings. The van der Waals surface area contributed by atoms with Crippen LogP contribution in [0, 0.1) is 0 Å². The van der Waals surface area contributed by atoms with Gasteiger partial charge in [-0.2, -0.15) is 0 Å². The Kier molecular flexibility index (Phi) is 2.87. The highest BCUT2D eigenvalue weighted by Gasteiger charge is 2.16. The number of nitrogens with one attached hydrogen (secondary N) is 1. The first kappa shape index (κ1) is 10.9. The number of carbonyl (C=O) groups is 2. The van der Waals surface area contributed by atoms with E-state index in [1.54, 1.807) is 30.3 Å². The SMILES string of the molecule is NC(=O)c1[nH]cnc1OC(=O)c1ccccc1. The van der Waals surface area contributed by atoms with Gasteiger partial charge in [0, 0.05) is 0 Å². The van der Waals surface area contributed by atoms with E-state index in [-0.39, 0.29) is 11.6 Å². The van der Waals surface area contributed by atoms with Gasteiger partial charge >= 0.3 is 5.97 Å². The normalized spacial score (nSPS) is 9.88. The Hall–Kier alpha value is -2.63. The quantitative estimate of drug-likeness (QED) is 0.760. The van der Waals surface area contributed by atoms with Crippen LogP contribution in [0.1, 0.15) is 20.8 Å². The molecule has 0 radical (unpaired) electrons. The van der Waals surface area contributed by atoms with Gasteiger partial charge in [0.15, 0.2) is 5.69 Å². The van der Waals surface area contributed by atoms with Crippen molar-refractivity contribution in [2.24, 2.45) is 5.73 Å². The number of nitrogens with zero attached hydrogens (tertiary/aromatic N) is 1. The van der Waals surface area contributed by atoms with Gasteiger partial charge in [-0.15, -0.1) is 0 Å². The number of imidazole rings is 1. The fourth-order valence-electron chi connectivity index (χ4n) is 1.26. The van der Waals surface area contributed by atoms with E-state index in [4.69, 9.17) is 10.5 Å². The van der Waals surface area contributed by atoms with Crippen LogP contribution in [0.25, 0.3) is 0 Å². The van der Waals surface area contributed by atoms with Gasteiger partial charge in [-0.3, -0.25) is 4.79 Å². The van der Waals surface area contributed by atoms with Crippen LogP contribution in [0.4, 0.5) is 0 Å². The number of benzene rings is 1. The number of esters is 1. The van der Waals surface area contributed by atoms with Crippen molar-refractivity contribution >= 4 is 11.9 Å². The third-order valence-electron chi connectivity index (χ3n) is 2.05. The fraction of sp³-hybridized carbons (Fsp3) is 0. The lowest BCUT2D eigenvalue weighted by molar-refractivity contribution is 0.0726. The van der Waals surface area contributed by atoms with Crippen LogP contribution in [-0.2, 0) is 0 Å². The third kappa shape index (κ3) is 2.31. The van der Waals surface area contributed by atoms with Crippen LogP contribution in [0.2, 0.25) is 0 Å². The van der Waals surface area contributed by atoms with Crippen molar-refractivity contribution in [2.45, 2.75) is 0 Å². The van der Waals surface area contributed by atoms with E-state index in [1.807, 2.05) is 0 Å². The van der Waals surface area contributed by atoms with Crippen LogP contribution < -0.4 is 10.5 Å². The smallest absolute Gasteiger partial charge is 0.344 e. The van der Waals surface area contributed by atoms with E-state index in [1.165, 1.54) is 6.33 Å². The molecule has 0 fully saturated rings. The molecule has 0 saturated carbocycles. The monoisotopic (exact) mass is 231 g/mol. The summed E-state index contributed by atoms with van der Waals surface area (Å²) in [6.45, 7) is 0. The predicted octanol–water partition coefficient (Wildman–Crippen LogP) is 0.728. The summed E-state index contributed by atoms with van der Waals surface area (Å²) in [5, 5.41) is 0. The highest BCUT2D eigenvalue weighted by atomic mass is 16.5. The van der Waals surface area contributed by atoms with Gasteiger partial charge in [0.05, 0.1) is 11.9 Å². The van der Waals surface area contributed by atoms with E-state index in [0.29, 0.717) is 5.56 Å². The number of aromatic nitrogens is 2. The van der Waals surface area contributed by atoms with Crippen LogP contribution in [0.3, 0.4) is 0 Å². The van der Waals surface area contributed by atoms with Crippen molar-refractivity contribution in [3.05, 3.63) is 47.9 Å². The van der Waals surface area contributed by atoms with E-state index < -0.39 is 11.9 Å². The molecule has 0 aliphatic heterocycles. The molecule has 0 bridgehead atoms. The van der Waals surface area contributed by atoms with Crippen molar-refractivity contribution in [3.8, 4) is 5.88 Å². The van der Waals surface area contributed by atoms with Crippen molar-refractivity contribution in [3.63, 3.8) is 0 Å². The molecular weight excluding hydrogens is 222 g/mol. The number of primary amides is 1. The minimum atomic E-state index is -0.738. The third-order valence-corrected chi connectivity index (χ3v) is 2.05. The average molecular weight is 231 g/mol. The van der Waals surface area contributed by atoms with Crippen LogP contribution in [0.5, 0.6) is 5.88 Å². The number of aromatic amines is 1. The lowest BCUT2D eigenvalue weighted by atomic mass is 10.2. The van der Waals surface area contributed by atoms with Crippen LogP contribution in [-0.4, -0.2) is 21.8 Å². The van der Waals surface area contributed by atoms with Crippen molar-refractivity contribution in [2.75, 3.05) is 0 Å². The molecular formula is C11H9N3O3. The Morgan fingerprint density at radius 1 is 1.24 bits per heavy atom. The molecule has 1 aromatic carbocycles. The maximum Gasteiger partial charge on any atom is 0.344 e. The highest BCUT2D eigenvalue weighted by Crippen LogP contribution is 2.13. The summed E-state index contributed by atoms with van der Waals surface area (Å²) in [4.78, 5) is 28.8. The molecule has 86 valence electrons. The van der Waals surface area contributed by atoms with Crippen molar-refractivity contribution in [1.82, 2.24) is 9.97 Å². The fourth-order valence-corrected chi connectivity index (χ4v) is 1.26. The number of ether oxygens (including phenoxy) is 1. The molecule has 6 nitrogen and oxygen atoms in total. The molecule has 3 N–H and O–H groups in total. The number of carbonyl (C=O) groups excluding carboxylic acids is 2. The molecule has 1 heterocycles. The van der Waals surface area contributed by atoms with Crippen LogP contribution in [0.15, 0.2) is 36.7 Å². The molecule has 6 heteroatoms. The predicted molar refractivity (Wildman–Crippen MR) is 58.5 cm³/mol. The molecule has 0 saturated heterocycles. The standard InChI is InChI=1S/C11H9N3O3/c12-9(15)8-10(14-6-13-8)17-11(16)7-4-2-1-3-5-7/h1-6H,(H2,12,15)(H,13,14). The van der Waals surface area contributed by atoms with Gasteiger partial charge in [0.1, 0.15) is 0 Å². The lowest BCUT2D eigenvalue weighted by Crippen LogP contribution is -2.16. The Morgan fingerprint density at radius 2 is 1.94 bits per heavy atom. The second kappa shape index (κ2) is 4.48. The highest BCUT2D eigenvalue weighted by molar-refractivity contribution is 5.96. The maximum absolute atomic E-state index is 11.7. The van der Waals surface area contributed by atoms with E-state index in [0.717, 1.165) is 0 Å². The first-order valence-electron chi connectivity index (χ1n) is 4.79. The number of amides is 1. The number of H-pyrrole nitrogens is 1.